The predicted molar refractivity (Wildman–Crippen MR) is 213 cm³/mol. The zero-order chi connectivity index (χ0) is 33.5. The first-order valence-corrected chi connectivity index (χ1v) is 22.6. The largest absolute Gasteiger partial charge is 0.324 e. The molecule has 278 valence electrons. The third-order valence-corrected chi connectivity index (χ3v) is 11.2. The number of nitrogens with zero attached hydrogens (tertiary/aromatic N) is 1. The number of hydrogen-bond acceptors (Lipinski definition) is 0. The van der Waals surface area contributed by atoms with E-state index in [1.54, 1.807) is 0 Å². The first kappa shape index (κ1) is 46.0. The Morgan fingerprint density at radius 2 is 0.348 bits per heavy atom. The van der Waals surface area contributed by atoms with E-state index in [2.05, 4.69) is 27.7 Å². The van der Waals surface area contributed by atoms with Crippen LogP contribution >= 0.6 is 0 Å². The van der Waals surface area contributed by atoms with E-state index >= 15 is 0 Å². The van der Waals surface area contributed by atoms with Gasteiger partial charge in [0, 0.05) is 0 Å². The zero-order valence-electron chi connectivity index (χ0n) is 33.4. The molecular formula is C45H94N+. The van der Waals surface area contributed by atoms with Crippen molar-refractivity contribution in [3.63, 3.8) is 0 Å². The molecule has 0 aliphatic rings. The maximum absolute atomic E-state index is 2.46. The normalized spacial score (nSPS) is 12.0. The van der Waals surface area contributed by atoms with Gasteiger partial charge >= 0.3 is 0 Å². The maximum Gasteiger partial charge on any atom is 0.0786 e. The lowest BCUT2D eigenvalue weighted by Gasteiger charge is -2.39. The molecule has 0 heterocycles. The predicted octanol–water partition coefficient (Wildman–Crippen LogP) is 16.3. The summed E-state index contributed by atoms with van der Waals surface area (Å²) in [7, 11) is 0. The van der Waals surface area contributed by atoms with Gasteiger partial charge in [-0.3, -0.25) is 0 Å². The van der Waals surface area contributed by atoms with E-state index in [4.69, 9.17) is 0 Å². The van der Waals surface area contributed by atoms with Crippen LogP contribution in [-0.4, -0.2) is 30.7 Å². The molecule has 0 aromatic carbocycles. The van der Waals surface area contributed by atoms with E-state index < -0.39 is 0 Å². The van der Waals surface area contributed by atoms with E-state index in [0.29, 0.717) is 0 Å². The van der Waals surface area contributed by atoms with Gasteiger partial charge in [0.1, 0.15) is 0 Å². The summed E-state index contributed by atoms with van der Waals surface area (Å²) in [6, 6.07) is 0. The molecule has 1 heteroatoms. The Bertz CT molecular complexity index is 458. The van der Waals surface area contributed by atoms with Gasteiger partial charge in [-0.25, -0.2) is 0 Å². The first-order chi connectivity index (χ1) is 22.7. The van der Waals surface area contributed by atoms with Crippen molar-refractivity contribution in [2.45, 2.75) is 265 Å². The highest BCUT2D eigenvalue weighted by atomic mass is 15.3. The molecule has 0 saturated heterocycles. The van der Waals surface area contributed by atoms with Crippen molar-refractivity contribution in [1.82, 2.24) is 0 Å². The average molecular weight is 649 g/mol. The van der Waals surface area contributed by atoms with Crippen LogP contribution in [0.5, 0.6) is 0 Å². The van der Waals surface area contributed by atoms with Crippen molar-refractivity contribution in [3.05, 3.63) is 0 Å². The molecule has 0 spiro atoms. The summed E-state index contributed by atoms with van der Waals surface area (Å²) in [6.07, 6.45) is 54.3. The SMILES string of the molecule is CCCCCCCCCCCCCC[N+](CCC)(CCCCCCCCCCCCCC)CCCCCCCCCCCCCC. The van der Waals surface area contributed by atoms with E-state index in [0.717, 1.165) is 0 Å². The lowest BCUT2D eigenvalue weighted by atomic mass is 10.0. The molecule has 0 unspecified atom stereocenters. The summed E-state index contributed by atoms with van der Waals surface area (Å²) in [5, 5.41) is 0. The molecule has 0 aromatic rings. The summed E-state index contributed by atoms with van der Waals surface area (Å²) >= 11 is 0. The van der Waals surface area contributed by atoms with Crippen molar-refractivity contribution >= 4 is 0 Å². The summed E-state index contributed by atoms with van der Waals surface area (Å²) in [4.78, 5) is 0. The molecule has 0 fully saturated rings. The van der Waals surface area contributed by atoms with Gasteiger partial charge in [0.15, 0.2) is 0 Å². The third kappa shape index (κ3) is 33.8. The second kappa shape index (κ2) is 39.4. The monoisotopic (exact) mass is 649 g/mol. The number of unbranched alkanes of at least 4 members (excludes halogenated alkanes) is 33. The molecule has 0 amide bonds. The Hall–Kier alpha value is -0.0400. The molecule has 0 saturated carbocycles. The van der Waals surface area contributed by atoms with E-state index in [1.165, 1.54) is 268 Å². The second-order valence-electron chi connectivity index (χ2n) is 15.9. The van der Waals surface area contributed by atoms with Gasteiger partial charge in [0.2, 0.25) is 0 Å². The molecule has 0 aliphatic heterocycles. The van der Waals surface area contributed by atoms with Crippen molar-refractivity contribution in [2.24, 2.45) is 0 Å². The Kier molecular flexibility index (Phi) is 39.4. The Balaban J connectivity index is 4.34. The summed E-state index contributed by atoms with van der Waals surface area (Å²) in [5.41, 5.74) is 0. The van der Waals surface area contributed by atoms with Gasteiger partial charge in [0.05, 0.1) is 26.2 Å². The maximum atomic E-state index is 2.46. The van der Waals surface area contributed by atoms with Crippen LogP contribution in [-0.2, 0) is 0 Å². The van der Waals surface area contributed by atoms with Crippen LogP contribution in [0, 0.1) is 0 Å². The third-order valence-electron chi connectivity index (χ3n) is 11.2. The van der Waals surface area contributed by atoms with Crippen LogP contribution < -0.4 is 0 Å². The van der Waals surface area contributed by atoms with Crippen molar-refractivity contribution in [3.8, 4) is 0 Å². The summed E-state index contributed by atoms with van der Waals surface area (Å²) in [5.74, 6) is 0. The number of hydrogen-bond donors (Lipinski definition) is 0. The van der Waals surface area contributed by atoms with Gasteiger partial charge in [-0.05, 0) is 44.9 Å². The molecule has 0 bridgehead atoms. The average Bonchev–Trinajstić information content (AvgIpc) is 3.06. The standard InChI is InChI=1S/C45H94N/c1-5-9-12-15-18-21-24-27-30-33-36-39-43-46(42-8-4,44-40-37-34-31-28-25-22-19-16-13-10-6-2)45-41-38-35-32-29-26-23-20-17-14-11-7-3/h5-45H2,1-4H3/q+1. The Labute approximate surface area is 295 Å². The minimum Gasteiger partial charge on any atom is -0.324 e. The van der Waals surface area contributed by atoms with Crippen LogP contribution in [0.2, 0.25) is 0 Å². The highest BCUT2D eigenvalue weighted by Crippen LogP contribution is 2.20. The van der Waals surface area contributed by atoms with Crippen molar-refractivity contribution in [2.75, 3.05) is 26.2 Å². The minimum atomic E-state index is 1.37. The molecule has 0 rings (SSSR count). The van der Waals surface area contributed by atoms with Gasteiger partial charge in [-0.15, -0.1) is 0 Å². The van der Waals surface area contributed by atoms with Crippen molar-refractivity contribution in [1.29, 1.82) is 0 Å². The fraction of sp³-hybridized carbons (Fsp3) is 1.00. The van der Waals surface area contributed by atoms with Crippen molar-refractivity contribution < 1.29 is 4.48 Å². The summed E-state index contributed by atoms with van der Waals surface area (Å²) < 4.78 is 1.46. The lowest BCUT2D eigenvalue weighted by Crippen LogP contribution is -2.50. The fourth-order valence-corrected chi connectivity index (χ4v) is 8.01. The fourth-order valence-electron chi connectivity index (χ4n) is 8.01. The molecule has 1 nitrogen and oxygen atoms in total. The molecule has 0 aliphatic carbocycles. The van der Waals surface area contributed by atoms with Gasteiger partial charge in [0.25, 0.3) is 0 Å². The molecule has 46 heavy (non-hydrogen) atoms. The highest BCUT2D eigenvalue weighted by molar-refractivity contribution is 4.55. The van der Waals surface area contributed by atoms with Gasteiger partial charge in [-0.2, -0.15) is 0 Å². The van der Waals surface area contributed by atoms with E-state index in [-0.39, 0.29) is 0 Å². The molecule has 0 N–H and O–H groups in total. The Morgan fingerprint density at radius 1 is 0.174 bits per heavy atom. The Morgan fingerprint density at radius 3 is 0.522 bits per heavy atom. The summed E-state index contributed by atoms with van der Waals surface area (Å²) in [6.45, 7) is 15.3. The molecule has 0 aromatic heterocycles. The van der Waals surface area contributed by atoms with E-state index in [9.17, 15) is 0 Å². The number of rotatable bonds is 41. The molecule has 0 atom stereocenters. The van der Waals surface area contributed by atoms with Crippen LogP contribution in [0.15, 0.2) is 0 Å². The van der Waals surface area contributed by atoms with Crippen LogP contribution in [0.4, 0.5) is 0 Å². The lowest BCUT2D eigenvalue weighted by molar-refractivity contribution is -0.929. The van der Waals surface area contributed by atoms with Gasteiger partial charge in [-0.1, -0.05) is 220 Å². The smallest absolute Gasteiger partial charge is 0.0786 e. The molecule has 0 radical (unpaired) electrons. The van der Waals surface area contributed by atoms with Crippen LogP contribution in [0.1, 0.15) is 265 Å². The molecular weight excluding hydrogens is 555 g/mol. The number of quaternary nitrogens is 1. The minimum absolute atomic E-state index is 1.37. The quantitative estimate of drug-likeness (QED) is 0.0457. The van der Waals surface area contributed by atoms with Crippen LogP contribution in [0.25, 0.3) is 0 Å². The van der Waals surface area contributed by atoms with Gasteiger partial charge < -0.3 is 4.48 Å². The first-order valence-electron chi connectivity index (χ1n) is 22.6. The zero-order valence-corrected chi connectivity index (χ0v) is 33.4. The highest BCUT2D eigenvalue weighted by Gasteiger charge is 2.25. The van der Waals surface area contributed by atoms with Crippen LogP contribution in [0.3, 0.4) is 0 Å². The second-order valence-corrected chi connectivity index (χ2v) is 15.9. The topological polar surface area (TPSA) is 0 Å². The van der Waals surface area contributed by atoms with E-state index in [1.807, 2.05) is 0 Å².